The quantitative estimate of drug-likeness (QED) is 0.645. The number of amides is 1. The normalized spacial score (nSPS) is 10.6. The van der Waals surface area contributed by atoms with Gasteiger partial charge in [0.15, 0.2) is 11.5 Å². The molecule has 10 heteroatoms. The number of aromatic carboxylic acids is 1. The summed E-state index contributed by atoms with van der Waals surface area (Å²) in [4.78, 5) is 40.8. The lowest BCUT2D eigenvalue weighted by molar-refractivity contribution is 0.0686. The number of carboxylic acids is 1. The first kappa shape index (κ1) is 17.5. The monoisotopic (exact) mass is 353 g/mol. The second-order valence-electron chi connectivity index (χ2n) is 5.20. The summed E-state index contributed by atoms with van der Waals surface area (Å²) in [5, 5.41) is 22.6. The maximum atomic E-state index is 11.7. The van der Waals surface area contributed by atoms with Crippen molar-refractivity contribution >= 4 is 29.1 Å². The van der Waals surface area contributed by atoms with Gasteiger partial charge in [-0.25, -0.2) is 14.6 Å². The molecule has 0 aromatic carbocycles. The number of hydrogen-bond donors (Lipinski definition) is 4. The van der Waals surface area contributed by atoms with Crippen LogP contribution in [0.15, 0.2) is 16.2 Å². The second kappa shape index (κ2) is 7.13. The number of anilines is 1. The third-order valence-corrected chi connectivity index (χ3v) is 3.68. The van der Waals surface area contributed by atoms with Crippen molar-refractivity contribution in [2.75, 3.05) is 11.9 Å². The van der Waals surface area contributed by atoms with Crippen LogP contribution < -0.4 is 10.9 Å². The van der Waals surface area contributed by atoms with Gasteiger partial charge in [0.25, 0.3) is 5.56 Å². The first-order valence-electron chi connectivity index (χ1n) is 6.87. The number of carbonyl (C=O) groups is 2. The number of rotatable bonds is 5. The van der Waals surface area contributed by atoms with Crippen LogP contribution in [0.4, 0.5) is 10.5 Å². The number of carbonyl (C=O) groups excluding carboxylic acids is 1. The fraction of sp³-hybridized carbons (Fsp3) is 0.286. The van der Waals surface area contributed by atoms with Crippen LogP contribution >= 0.6 is 11.3 Å². The lowest BCUT2D eigenvalue weighted by Gasteiger charge is -2.09. The van der Waals surface area contributed by atoms with Crippen molar-refractivity contribution < 1.29 is 24.5 Å². The van der Waals surface area contributed by atoms with Crippen LogP contribution in [0.3, 0.4) is 0 Å². The number of nitrogens with one attached hydrogen (secondary N) is 2. The fourth-order valence-electron chi connectivity index (χ4n) is 1.70. The van der Waals surface area contributed by atoms with Gasteiger partial charge in [-0.05, 0) is 17.4 Å². The standard InChI is InChI=1S/C14H15N3O6S/c1-6(2)5-23-14(22)15-7-3-4-24-10(7)11-16-8(13(20)21)9(18)12(19)17-11/h3-4,6,18H,5H2,1-2H3,(H,15,22)(H,20,21)(H,16,17,19). The highest BCUT2D eigenvalue weighted by Gasteiger charge is 2.20. The Kier molecular flexibility index (Phi) is 5.19. The number of thiophene rings is 1. The first-order chi connectivity index (χ1) is 11.3. The topological polar surface area (TPSA) is 142 Å². The summed E-state index contributed by atoms with van der Waals surface area (Å²) in [6, 6.07) is 1.56. The average molecular weight is 353 g/mol. The predicted molar refractivity (Wildman–Crippen MR) is 86.6 cm³/mol. The van der Waals surface area contributed by atoms with Gasteiger partial charge >= 0.3 is 12.1 Å². The summed E-state index contributed by atoms with van der Waals surface area (Å²) in [7, 11) is 0. The molecule has 0 fully saturated rings. The van der Waals surface area contributed by atoms with Crippen LogP contribution in [0.1, 0.15) is 24.3 Å². The van der Waals surface area contributed by atoms with Gasteiger partial charge in [0.1, 0.15) is 0 Å². The van der Waals surface area contributed by atoms with Crippen molar-refractivity contribution in [3.63, 3.8) is 0 Å². The minimum Gasteiger partial charge on any atom is -0.501 e. The Morgan fingerprint density at radius 3 is 2.79 bits per heavy atom. The first-order valence-corrected chi connectivity index (χ1v) is 7.75. The van der Waals surface area contributed by atoms with Gasteiger partial charge in [0, 0.05) is 0 Å². The van der Waals surface area contributed by atoms with E-state index in [1.54, 1.807) is 11.4 Å². The molecule has 2 aromatic rings. The molecule has 2 heterocycles. The minimum absolute atomic E-state index is 0.0793. The summed E-state index contributed by atoms with van der Waals surface area (Å²) in [5.74, 6) is -2.42. The fourth-order valence-corrected chi connectivity index (χ4v) is 2.50. The Labute approximate surface area is 139 Å². The highest BCUT2D eigenvalue weighted by Crippen LogP contribution is 2.31. The van der Waals surface area contributed by atoms with E-state index in [-0.39, 0.29) is 18.3 Å². The molecule has 24 heavy (non-hydrogen) atoms. The van der Waals surface area contributed by atoms with Crippen LogP contribution in [0, 0.1) is 5.92 Å². The average Bonchev–Trinajstić information content (AvgIpc) is 2.95. The molecule has 2 aromatic heterocycles. The van der Waals surface area contributed by atoms with E-state index in [1.165, 1.54) is 0 Å². The molecule has 0 saturated carbocycles. The van der Waals surface area contributed by atoms with E-state index in [0.29, 0.717) is 10.6 Å². The molecule has 0 aliphatic carbocycles. The van der Waals surface area contributed by atoms with Crippen LogP contribution in [0.5, 0.6) is 5.75 Å². The van der Waals surface area contributed by atoms with Crippen molar-refractivity contribution in [3.8, 4) is 16.5 Å². The molecule has 0 bridgehead atoms. The van der Waals surface area contributed by atoms with E-state index < -0.39 is 29.1 Å². The molecule has 0 aliphatic heterocycles. The van der Waals surface area contributed by atoms with Gasteiger partial charge in [0.2, 0.25) is 5.75 Å². The Morgan fingerprint density at radius 1 is 1.46 bits per heavy atom. The third-order valence-electron chi connectivity index (χ3n) is 2.76. The number of nitrogens with zero attached hydrogens (tertiary/aromatic N) is 1. The van der Waals surface area contributed by atoms with Gasteiger partial charge in [-0.15, -0.1) is 11.3 Å². The van der Waals surface area contributed by atoms with E-state index in [4.69, 9.17) is 9.84 Å². The number of ether oxygens (including phenoxy) is 1. The molecule has 9 nitrogen and oxygen atoms in total. The predicted octanol–water partition coefficient (Wildman–Crippen LogP) is 2.11. The van der Waals surface area contributed by atoms with Crippen LogP contribution in [0.2, 0.25) is 0 Å². The maximum Gasteiger partial charge on any atom is 0.411 e. The lowest BCUT2D eigenvalue weighted by atomic mass is 10.2. The van der Waals surface area contributed by atoms with Crippen LogP contribution in [-0.2, 0) is 4.74 Å². The number of aromatic hydroxyl groups is 1. The van der Waals surface area contributed by atoms with Crippen molar-refractivity contribution in [2.24, 2.45) is 5.92 Å². The lowest BCUT2D eigenvalue weighted by Crippen LogP contribution is -2.18. The number of H-pyrrole nitrogens is 1. The number of hydrogen-bond acceptors (Lipinski definition) is 7. The van der Waals surface area contributed by atoms with Gasteiger partial charge in [-0.3, -0.25) is 10.1 Å². The highest BCUT2D eigenvalue weighted by atomic mass is 32.1. The molecular formula is C14H15N3O6S. The van der Waals surface area contributed by atoms with Crippen molar-refractivity contribution in [2.45, 2.75) is 13.8 Å². The minimum atomic E-state index is -1.54. The zero-order valence-corrected chi connectivity index (χ0v) is 13.6. The molecule has 0 saturated heterocycles. The van der Waals surface area contributed by atoms with Crippen LogP contribution in [-0.4, -0.2) is 38.9 Å². The summed E-state index contributed by atoms with van der Waals surface area (Å²) >= 11 is 1.13. The molecule has 2 rings (SSSR count). The smallest absolute Gasteiger partial charge is 0.411 e. The Balaban J connectivity index is 2.32. The molecule has 1 amide bonds. The number of aromatic nitrogens is 2. The summed E-state index contributed by atoms with van der Waals surface area (Å²) in [5.41, 5.74) is -1.45. The summed E-state index contributed by atoms with van der Waals surface area (Å²) in [6.45, 7) is 4.02. The molecule has 4 N–H and O–H groups in total. The summed E-state index contributed by atoms with van der Waals surface area (Å²) in [6.07, 6.45) is -0.678. The highest BCUT2D eigenvalue weighted by molar-refractivity contribution is 7.14. The van der Waals surface area contributed by atoms with E-state index in [9.17, 15) is 19.5 Å². The van der Waals surface area contributed by atoms with Gasteiger partial charge < -0.3 is 19.9 Å². The maximum absolute atomic E-state index is 11.7. The van der Waals surface area contributed by atoms with Crippen molar-refractivity contribution in [3.05, 3.63) is 27.5 Å². The number of aromatic amines is 1. The number of carboxylic acid groups (broad SMARTS) is 1. The Morgan fingerprint density at radius 2 is 2.17 bits per heavy atom. The molecular weight excluding hydrogens is 338 g/mol. The van der Waals surface area contributed by atoms with Crippen molar-refractivity contribution in [1.29, 1.82) is 0 Å². The summed E-state index contributed by atoms with van der Waals surface area (Å²) < 4.78 is 5.00. The largest absolute Gasteiger partial charge is 0.501 e. The zero-order chi connectivity index (χ0) is 17.9. The van der Waals surface area contributed by atoms with Gasteiger partial charge in [-0.2, -0.15) is 0 Å². The SMILES string of the molecule is CC(C)COC(=O)Nc1ccsc1-c1nc(C(=O)O)c(O)c(=O)[nH]1. The van der Waals surface area contributed by atoms with E-state index in [0.717, 1.165) is 11.3 Å². The molecule has 0 atom stereocenters. The van der Waals surface area contributed by atoms with E-state index in [1.807, 2.05) is 13.8 Å². The van der Waals surface area contributed by atoms with E-state index >= 15 is 0 Å². The Bertz CT molecular complexity index is 826. The zero-order valence-electron chi connectivity index (χ0n) is 12.8. The van der Waals surface area contributed by atoms with Gasteiger partial charge in [0.05, 0.1) is 17.2 Å². The molecule has 0 spiro atoms. The van der Waals surface area contributed by atoms with Crippen molar-refractivity contribution in [1.82, 2.24) is 9.97 Å². The molecule has 0 radical (unpaired) electrons. The second-order valence-corrected chi connectivity index (χ2v) is 6.11. The van der Waals surface area contributed by atoms with Gasteiger partial charge in [-0.1, -0.05) is 13.8 Å². The molecule has 0 unspecified atom stereocenters. The molecule has 128 valence electrons. The van der Waals surface area contributed by atoms with Crippen LogP contribution in [0.25, 0.3) is 10.7 Å². The Hall–Kier alpha value is -2.88. The third kappa shape index (κ3) is 3.90. The van der Waals surface area contributed by atoms with E-state index in [2.05, 4.69) is 15.3 Å². The molecule has 0 aliphatic rings.